The van der Waals surface area contributed by atoms with Gasteiger partial charge in [-0.25, -0.2) is 0 Å². The van der Waals surface area contributed by atoms with Crippen molar-refractivity contribution in [2.75, 3.05) is 6.61 Å². The first-order valence-corrected chi connectivity index (χ1v) is 6.92. The van der Waals surface area contributed by atoms with Gasteiger partial charge in [-0.15, -0.1) is 0 Å². The fraction of sp³-hybridized carbons (Fsp3) is 0.294. The van der Waals surface area contributed by atoms with E-state index in [2.05, 4.69) is 43.4 Å². The summed E-state index contributed by atoms with van der Waals surface area (Å²) in [6.07, 6.45) is 0. The van der Waals surface area contributed by atoms with Crippen LogP contribution in [0.1, 0.15) is 35.7 Å². The molecule has 0 amide bonds. The molecule has 3 nitrogen and oxygen atoms in total. The van der Waals surface area contributed by atoms with E-state index in [1.54, 1.807) is 12.1 Å². The SMILES string of the molecule is Cc1ccc([C@H](C)NC2COc3cc(O)ccc32)cc1. The minimum absolute atomic E-state index is 0.168. The third-order valence-electron chi connectivity index (χ3n) is 3.81. The van der Waals surface area contributed by atoms with E-state index in [0.717, 1.165) is 11.3 Å². The topological polar surface area (TPSA) is 41.5 Å². The van der Waals surface area contributed by atoms with Crippen molar-refractivity contribution in [3.8, 4) is 11.5 Å². The zero-order chi connectivity index (χ0) is 14.1. The van der Waals surface area contributed by atoms with Crippen molar-refractivity contribution in [2.45, 2.75) is 25.9 Å². The molecule has 3 rings (SSSR count). The number of hydrogen-bond acceptors (Lipinski definition) is 3. The molecule has 2 aromatic rings. The molecule has 1 aliphatic heterocycles. The van der Waals surface area contributed by atoms with Gasteiger partial charge in [0.05, 0.1) is 6.04 Å². The highest BCUT2D eigenvalue weighted by Gasteiger charge is 2.25. The van der Waals surface area contributed by atoms with Crippen LogP contribution < -0.4 is 10.1 Å². The molecule has 1 aliphatic rings. The van der Waals surface area contributed by atoms with E-state index in [0.29, 0.717) is 6.61 Å². The van der Waals surface area contributed by atoms with Gasteiger partial charge in [0.2, 0.25) is 0 Å². The Morgan fingerprint density at radius 1 is 1.20 bits per heavy atom. The molecular formula is C17H19NO2. The van der Waals surface area contributed by atoms with Crippen molar-refractivity contribution in [1.29, 1.82) is 0 Å². The molecule has 0 fully saturated rings. The fourth-order valence-electron chi connectivity index (χ4n) is 2.59. The minimum Gasteiger partial charge on any atom is -0.508 e. The summed E-state index contributed by atoms with van der Waals surface area (Å²) >= 11 is 0. The summed E-state index contributed by atoms with van der Waals surface area (Å²) in [6.45, 7) is 4.85. The number of ether oxygens (including phenoxy) is 1. The number of aryl methyl sites for hydroxylation is 1. The number of phenols is 1. The number of rotatable bonds is 3. The maximum atomic E-state index is 9.47. The molecule has 2 atom stereocenters. The lowest BCUT2D eigenvalue weighted by Gasteiger charge is -2.19. The molecule has 20 heavy (non-hydrogen) atoms. The summed E-state index contributed by atoms with van der Waals surface area (Å²) in [5.74, 6) is 1.02. The molecule has 1 unspecified atom stereocenters. The van der Waals surface area contributed by atoms with Crippen LogP contribution in [0.2, 0.25) is 0 Å². The van der Waals surface area contributed by atoms with Crippen molar-refractivity contribution in [2.24, 2.45) is 0 Å². The molecule has 0 radical (unpaired) electrons. The van der Waals surface area contributed by atoms with Crippen LogP contribution in [0.25, 0.3) is 0 Å². The molecule has 0 bridgehead atoms. The first-order chi connectivity index (χ1) is 9.63. The van der Waals surface area contributed by atoms with Gasteiger partial charge in [-0.05, 0) is 31.5 Å². The summed E-state index contributed by atoms with van der Waals surface area (Å²) in [4.78, 5) is 0. The van der Waals surface area contributed by atoms with Crippen LogP contribution in [0.5, 0.6) is 11.5 Å². The number of fused-ring (bicyclic) bond motifs is 1. The number of benzene rings is 2. The lowest BCUT2D eigenvalue weighted by molar-refractivity contribution is 0.300. The number of hydrogen-bond donors (Lipinski definition) is 2. The Morgan fingerprint density at radius 3 is 2.70 bits per heavy atom. The van der Waals surface area contributed by atoms with Gasteiger partial charge in [0.25, 0.3) is 0 Å². The third-order valence-corrected chi connectivity index (χ3v) is 3.81. The predicted octanol–water partition coefficient (Wildman–Crippen LogP) is 3.48. The molecule has 104 valence electrons. The molecular weight excluding hydrogens is 250 g/mol. The zero-order valence-corrected chi connectivity index (χ0v) is 11.8. The van der Waals surface area contributed by atoms with Gasteiger partial charge < -0.3 is 15.2 Å². The molecule has 0 aliphatic carbocycles. The molecule has 0 saturated heterocycles. The van der Waals surface area contributed by atoms with Gasteiger partial charge in [0, 0.05) is 17.7 Å². The average molecular weight is 269 g/mol. The van der Waals surface area contributed by atoms with Gasteiger partial charge in [0.15, 0.2) is 0 Å². The van der Waals surface area contributed by atoms with Crippen LogP contribution >= 0.6 is 0 Å². The Morgan fingerprint density at radius 2 is 1.95 bits per heavy atom. The number of nitrogens with one attached hydrogen (secondary N) is 1. The van der Waals surface area contributed by atoms with Crippen molar-refractivity contribution in [1.82, 2.24) is 5.32 Å². The normalized spacial score (nSPS) is 18.4. The van der Waals surface area contributed by atoms with Gasteiger partial charge in [-0.2, -0.15) is 0 Å². The Kier molecular flexibility index (Phi) is 3.36. The average Bonchev–Trinajstić information content (AvgIpc) is 2.81. The molecule has 3 heteroatoms. The Hall–Kier alpha value is -2.00. The summed E-state index contributed by atoms with van der Waals surface area (Å²) in [5.41, 5.74) is 3.65. The van der Waals surface area contributed by atoms with E-state index in [1.165, 1.54) is 11.1 Å². The standard InChI is InChI=1S/C17H19NO2/c1-11-3-5-13(6-4-11)12(2)18-16-10-20-17-9-14(19)7-8-15(16)17/h3-9,12,16,18-19H,10H2,1-2H3/t12-,16?/m0/s1. The minimum atomic E-state index is 0.168. The van der Waals surface area contributed by atoms with Crippen LogP contribution in [0.3, 0.4) is 0 Å². The van der Waals surface area contributed by atoms with E-state index < -0.39 is 0 Å². The first kappa shape index (κ1) is 13.0. The molecule has 0 spiro atoms. The Labute approximate surface area is 119 Å². The van der Waals surface area contributed by atoms with E-state index in [1.807, 2.05) is 6.07 Å². The monoisotopic (exact) mass is 269 g/mol. The zero-order valence-electron chi connectivity index (χ0n) is 11.8. The molecule has 1 heterocycles. The lowest BCUT2D eigenvalue weighted by atomic mass is 10.0. The van der Waals surface area contributed by atoms with Gasteiger partial charge in [-0.3, -0.25) is 0 Å². The summed E-state index contributed by atoms with van der Waals surface area (Å²) in [5, 5.41) is 13.1. The fourth-order valence-corrected chi connectivity index (χ4v) is 2.59. The first-order valence-electron chi connectivity index (χ1n) is 6.92. The van der Waals surface area contributed by atoms with Crippen LogP contribution in [0.15, 0.2) is 42.5 Å². The maximum Gasteiger partial charge on any atom is 0.127 e. The second-order valence-corrected chi connectivity index (χ2v) is 5.38. The second-order valence-electron chi connectivity index (χ2n) is 5.38. The smallest absolute Gasteiger partial charge is 0.127 e. The van der Waals surface area contributed by atoms with Crippen molar-refractivity contribution < 1.29 is 9.84 Å². The highest BCUT2D eigenvalue weighted by atomic mass is 16.5. The van der Waals surface area contributed by atoms with E-state index >= 15 is 0 Å². The summed E-state index contributed by atoms with van der Waals surface area (Å²) in [6, 6.07) is 14.3. The van der Waals surface area contributed by atoms with Gasteiger partial charge in [-0.1, -0.05) is 29.8 Å². The highest BCUT2D eigenvalue weighted by Crippen LogP contribution is 2.36. The summed E-state index contributed by atoms with van der Waals surface area (Å²) in [7, 11) is 0. The molecule has 2 N–H and O–H groups in total. The van der Waals surface area contributed by atoms with Crippen molar-refractivity contribution in [3.63, 3.8) is 0 Å². The van der Waals surface area contributed by atoms with Crippen molar-refractivity contribution >= 4 is 0 Å². The van der Waals surface area contributed by atoms with Crippen LogP contribution in [-0.2, 0) is 0 Å². The Balaban J connectivity index is 1.75. The quantitative estimate of drug-likeness (QED) is 0.896. The highest BCUT2D eigenvalue weighted by molar-refractivity contribution is 5.44. The lowest BCUT2D eigenvalue weighted by Crippen LogP contribution is -2.25. The van der Waals surface area contributed by atoms with Crippen LogP contribution in [0.4, 0.5) is 0 Å². The van der Waals surface area contributed by atoms with E-state index in [4.69, 9.17) is 4.74 Å². The van der Waals surface area contributed by atoms with Crippen LogP contribution in [0, 0.1) is 6.92 Å². The molecule has 0 saturated carbocycles. The van der Waals surface area contributed by atoms with E-state index in [-0.39, 0.29) is 17.8 Å². The van der Waals surface area contributed by atoms with Crippen molar-refractivity contribution in [3.05, 3.63) is 59.2 Å². The van der Waals surface area contributed by atoms with Gasteiger partial charge >= 0.3 is 0 Å². The summed E-state index contributed by atoms with van der Waals surface area (Å²) < 4.78 is 5.63. The number of aromatic hydroxyl groups is 1. The second kappa shape index (κ2) is 5.17. The maximum absolute atomic E-state index is 9.47. The largest absolute Gasteiger partial charge is 0.508 e. The predicted molar refractivity (Wildman–Crippen MR) is 79.1 cm³/mol. The van der Waals surface area contributed by atoms with Gasteiger partial charge in [0.1, 0.15) is 18.1 Å². The molecule has 2 aromatic carbocycles. The van der Waals surface area contributed by atoms with E-state index in [9.17, 15) is 5.11 Å². The third kappa shape index (κ3) is 2.49. The van der Waals surface area contributed by atoms with Crippen LogP contribution in [-0.4, -0.2) is 11.7 Å². The Bertz CT molecular complexity index is 607. The number of phenolic OH excluding ortho intramolecular Hbond substituents is 1. The molecule has 0 aromatic heterocycles.